The first kappa shape index (κ1) is 16.8. The van der Waals surface area contributed by atoms with Crippen molar-refractivity contribution in [2.45, 2.75) is 20.3 Å². The fraction of sp³-hybridized carbons (Fsp3) is 0.353. The number of esters is 1. The second kappa shape index (κ2) is 7.53. The first-order valence-electron chi connectivity index (χ1n) is 6.73. The Morgan fingerprint density at radius 2 is 1.95 bits per heavy atom. The summed E-state index contributed by atoms with van der Waals surface area (Å²) >= 11 is 0. The van der Waals surface area contributed by atoms with Gasteiger partial charge < -0.3 is 14.2 Å². The molecule has 21 heavy (non-hydrogen) atoms. The number of hydrogen-bond acceptors (Lipinski definition) is 4. The van der Waals surface area contributed by atoms with Gasteiger partial charge in [-0.3, -0.25) is 0 Å². The third-order valence-corrected chi connectivity index (χ3v) is 3.31. The molecule has 0 spiro atoms. The highest BCUT2D eigenvalue weighted by atomic mass is 16.5. The van der Waals surface area contributed by atoms with E-state index in [1.165, 1.54) is 14.2 Å². The lowest BCUT2D eigenvalue weighted by Crippen LogP contribution is -2.12. The van der Waals surface area contributed by atoms with E-state index >= 15 is 0 Å². The van der Waals surface area contributed by atoms with Crippen molar-refractivity contribution in [1.82, 2.24) is 0 Å². The van der Waals surface area contributed by atoms with E-state index in [0.717, 1.165) is 17.5 Å². The highest BCUT2D eigenvalue weighted by Crippen LogP contribution is 2.34. The monoisotopic (exact) mass is 290 g/mol. The molecule has 0 unspecified atom stereocenters. The summed E-state index contributed by atoms with van der Waals surface area (Å²) in [6.07, 6.45) is 2.42. The standard InChI is InChI=1S/C17H22O4/c1-7-9-21-14-10-13(8-2)11(3)15(17(18)20-6)16(14)12(4)19-5/h7,10H,1,4,8-9H2,2-3,5-6H3. The second-order valence-corrected chi connectivity index (χ2v) is 4.48. The van der Waals surface area contributed by atoms with Crippen molar-refractivity contribution in [3.05, 3.63) is 47.6 Å². The molecule has 1 aromatic rings. The van der Waals surface area contributed by atoms with Crippen molar-refractivity contribution < 1.29 is 19.0 Å². The molecule has 4 heteroatoms. The Hall–Kier alpha value is -2.23. The molecule has 114 valence electrons. The lowest BCUT2D eigenvalue weighted by molar-refractivity contribution is 0.0598. The third kappa shape index (κ3) is 3.45. The van der Waals surface area contributed by atoms with Crippen LogP contribution in [0.2, 0.25) is 0 Å². The van der Waals surface area contributed by atoms with Crippen molar-refractivity contribution in [2.75, 3.05) is 20.8 Å². The fourth-order valence-corrected chi connectivity index (χ4v) is 2.18. The minimum Gasteiger partial charge on any atom is -0.497 e. The summed E-state index contributed by atoms with van der Waals surface area (Å²) in [5.41, 5.74) is 2.83. The topological polar surface area (TPSA) is 44.8 Å². The average Bonchev–Trinajstić information content (AvgIpc) is 2.51. The van der Waals surface area contributed by atoms with Gasteiger partial charge >= 0.3 is 5.97 Å². The zero-order valence-corrected chi connectivity index (χ0v) is 13.1. The Balaban J connectivity index is 3.65. The Labute approximate surface area is 126 Å². The first-order valence-corrected chi connectivity index (χ1v) is 6.73. The summed E-state index contributed by atoms with van der Waals surface area (Å²) in [6.45, 7) is 11.7. The zero-order valence-electron chi connectivity index (χ0n) is 13.1. The summed E-state index contributed by atoms with van der Waals surface area (Å²) in [5.74, 6) is 0.476. The largest absolute Gasteiger partial charge is 0.497 e. The van der Waals surface area contributed by atoms with Crippen LogP contribution >= 0.6 is 0 Å². The number of ether oxygens (including phenoxy) is 3. The minimum atomic E-state index is -0.431. The van der Waals surface area contributed by atoms with Gasteiger partial charge in [0.25, 0.3) is 0 Å². The molecule has 0 saturated carbocycles. The van der Waals surface area contributed by atoms with Crippen LogP contribution in [0.5, 0.6) is 5.75 Å². The van der Waals surface area contributed by atoms with E-state index in [1.54, 1.807) is 6.08 Å². The Morgan fingerprint density at radius 1 is 1.29 bits per heavy atom. The summed E-state index contributed by atoms with van der Waals surface area (Å²) in [7, 11) is 2.85. The Morgan fingerprint density at radius 3 is 2.43 bits per heavy atom. The highest BCUT2D eigenvalue weighted by Gasteiger charge is 2.24. The molecule has 0 heterocycles. The Bertz CT molecular complexity index is 558. The van der Waals surface area contributed by atoms with Crippen LogP contribution in [0.15, 0.2) is 25.3 Å². The second-order valence-electron chi connectivity index (χ2n) is 4.48. The van der Waals surface area contributed by atoms with E-state index in [0.29, 0.717) is 29.2 Å². The molecule has 1 aromatic carbocycles. The molecule has 1 rings (SSSR count). The number of benzene rings is 1. The lowest BCUT2D eigenvalue weighted by Gasteiger charge is -2.19. The third-order valence-electron chi connectivity index (χ3n) is 3.31. The maximum Gasteiger partial charge on any atom is 0.339 e. The van der Waals surface area contributed by atoms with Crippen LogP contribution in [-0.2, 0) is 15.9 Å². The maximum atomic E-state index is 12.2. The molecule has 0 saturated heterocycles. The summed E-state index contributed by atoms with van der Waals surface area (Å²) in [6, 6.07) is 1.91. The molecule has 0 atom stereocenters. The summed E-state index contributed by atoms with van der Waals surface area (Å²) < 4.78 is 15.8. The first-order chi connectivity index (χ1) is 10.0. The number of rotatable bonds is 7. The molecule has 0 radical (unpaired) electrons. The molecule has 0 aliphatic carbocycles. The van der Waals surface area contributed by atoms with Crippen molar-refractivity contribution in [1.29, 1.82) is 0 Å². The van der Waals surface area contributed by atoms with E-state index < -0.39 is 5.97 Å². The molecule has 0 aliphatic rings. The van der Waals surface area contributed by atoms with Crippen LogP contribution < -0.4 is 4.74 Å². The molecular weight excluding hydrogens is 268 g/mol. The van der Waals surface area contributed by atoms with Crippen LogP contribution in [0.25, 0.3) is 5.76 Å². The normalized spacial score (nSPS) is 9.90. The number of carbonyl (C=O) groups is 1. The van der Waals surface area contributed by atoms with Gasteiger partial charge in [0.2, 0.25) is 0 Å². The van der Waals surface area contributed by atoms with Crippen molar-refractivity contribution in [3.8, 4) is 5.75 Å². The van der Waals surface area contributed by atoms with Gasteiger partial charge in [0.15, 0.2) is 0 Å². The molecule has 0 amide bonds. The number of methoxy groups -OCH3 is 2. The van der Waals surface area contributed by atoms with Gasteiger partial charge in [-0.05, 0) is 30.5 Å². The summed E-state index contributed by atoms with van der Waals surface area (Å²) in [4.78, 5) is 12.2. The van der Waals surface area contributed by atoms with E-state index in [1.807, 2.05) is 19.9 Å². The van der Waals surface area contributed by atoms with Gasteiger partial charge in [0.05, 0.1) is 25.3 Å². The highest BCUT2D eigenvalue weighted by molar-refractivity contribution is 5.98. The molecule has 0 aromatic heterocycles. The fourth-order valence-electron chi connectivity index (χ4n) is 2.18. The smallest absolute Gasteiger partial charge is 0.339 e. The molecule has 0 N–H and O–H groups in total. The maximum absolute atomic E-state index is 12.2. The van der Waals surface area contributed by atoms with E-state index in [-0.39, 0.29) is 0 Å². The van der Waals surface area contributed by atoms with Crippen molar-refractivity contribution >= 4 is 11.7 Å². The van der Waals surface area contributed by atoms with Crippen LogP contribution in [0.1, 0.15) is 34.0 Å². The van der Waals surface area contributed by atoms with Crippen molar-refractivity contribution in [3.63, 3.8) is 0 Å². The SMILES string of the molecule is C=CCOc1cc(CC)c(C)c(C(=O)OC)c1C(=C)OC. The summed E-state index contributed by atoms with van der Waals surface area (Å²) in [5, 5.41) is 0. The molecule has 0 fully saturated rings. The van der Waals surface area contributed by atoms with Crippen LogP contribution in [0.4, 0.5) is 0 Å². The predicted octanol–water partition coefficient (Wildman–Crippen LogP) is 3.53. The number of hydrogen-bond donors (Lipinski definition) is 0. The van der Waals surface area contributed by atoms with E-state index in [4.69, 9.17) is 14.2 Å². The zero-order chi connectivity index (χ0) is 16.0. The minimum absolute atomic E-state index is 0.330. The van der Waals surface area contributed by atoms with Crippen LogP contribution in [-0.4, -0.2) is 26.8 Å². The van der Waals surface area contributed by atoms with Crippen LogP contribution in [0, 0.1) is 6.92 Å². The van der Waals surface area contributed by atoms with Gasteiger partial charge in [-0.15, -0.1) is 0 Å². The lowest BCUT2D eigenvalue weighted by atomic mass is 9.93. The molecule has 0 bridgehead atoms. The van der Waals surface area contributed by atoms with E-state index in [9.17, 15) is 4.79 Å². The van der Waals surface area contributed by atoms with Crippen LogP contribution in [0.3, 0.4) is 0 Å². The van der Waals surface area contributed by atoms with Gasteiger partial charge in [0, 0.05) is 0 Å². The number of aryl methyl sites for hydroxylation is 1. The quantitative estimate of drug-likeness (QED) is 0.438. The van der Waals surface area contributed by atoms with Gasteiger partial charge in [-0.25, -0.2) is 4.79 Å². The van der Waals surface area contributed by atoms with E-state index in [2.05, 4.69) is 13.2 Å². The van der Waals surface area contributed by atoms with Gasteiger partial charge in [-0.2, -0.15) is 0 Å². The Kier molecular flexibility index (Phi) is 6.03. The van der Waals surface area contributed by atoms with Gasteiger partial charge in [-0.1, -0.05) is 26.2 Å². The molecule has 0 aliphatic heterocycles. The van der Waals surface area contributed by atoms with Crippen molar-refractivity contribution in [2.24, 2.45) is 0 Å². The molecular formula is C17H22O4. The van der Waals surface area contributed by atoms with Gasteiger partial charge in [0.1, 0.15) is 18.1 Å². The average molecular weight is 290 g/mol. The molecule has 4 nitrogen and oxygen atoms in total. The predicted molar refractivity (Wildman–Crippen MR) is 83.6 cm³/mol. The number of carbonyl (C=O) groups excluding carboxylic acids is 1.